The predicted molar refractivity (Wildman–Crippen MR) is 119 cm³/mol. The lowest BCUT2D eigenvalue weighted by atomic mass is 10.0. The van der Waals surface area contributed by atoms with E-state index in [4.69, 9.17) is 0 Å². The van der Waals surface area contributed by atoms with Crippen LogP contribution >= 0.6 is 0 Å². The molecule has 1 unspecified atom stereocenters. The fourth-order valence-electron chi connectivity index (χ4n) is 4.09. The van der Waals surface area contributed by atoms with E-state index < -0.39 is 0 Å². The monoisotopic (exact) mass is 387 g/mol. The van der Waals surface area contributed by atoms with Crippen LogP contribution in [-0.4, -0.2) is 48.4 Å². The highest BCUT2D eigenvalue weighted by Crippen LogP contribution is 2.20. The van der Waals surface area contributed by atoms with Crippen LogP contribution in [-0.2, 0) is 11.3 Å². The molecule has 29 heavy (non-hydrogen) atoms. The first-order valence-corrected chi connectivity index (χ1v) is 10.4. The summed E-state index contributed by atoms with van der Waals surface area (Å²) >= 11 is 0. The highest BCUT2D eigenvalue weighted by Gasteiger charge is 2.20. The van der Waals surface area contributed by atoms with Gasteiger partial charge in [0.25, 0.3) is 0 Å². The van der Waals surface area contributed by atoms with E-state index in [9.17, 15) is 4.79 Å². The van der Waals surface area contributed by atoms with Crippen molar-refractivity contribution >= 4 is 16.7 Å². The third-order valence-corrected chi connectivity index (χ3v) is 5.78. The number of rotatable bonds is 6. The van der Waals surface area contributed by atoms with Crippen molar-refractivity contribution in [2.75, 3.05) is 32.7 Å². The van der Waals surface area contributed by atoms with Crippen LogP contribution in [0.5, 0.6) is 0 Å². The number of hydrogen-bond donors (Lipinski definition) is 1. The van der Waals surface area contributed by atoms with E-state index in [1.54, 1.807) is 0 Å². The average molecular weight is 388 g/mol. The summed E-state index contributed by atoms with van der Waals surface area (Å²) < 4.78 is 0. The molecule has 0 aromatic heterocycles. The van der Waals surface area contributed by atoms with Gasteiger partial charge in [-0.1, -0.05) is 72.8 Å². The number of hydrogen-bond acceptors (Lipinski definition) is 3. The van der Waals surface area contributed by atoms with E-state index in [-0.39, 0.29) is 11.9 Å². The Bertz CT molecular complexity index is 943. The zero-order chi connectivity index (χ0) is 20.1. The average Bonchev–Trinajstić information content (AvgIpc) is 2.76. The van der Waals surface area contributed by atoms with Crippen molar-refractivity contribution in [3.63, 3.8) is 0 Å². The number of amides is 1. The largest absolute Gasteiger partial charge is 0.348 e. The molecule has 4 rings (SSSR count). The number of carbonyl (C=O) groups is 1. The summed E-state index contributed by atoms with van der Waals surface area (Å²) in [6.07, 6.45) is 0. The van der Waals surface area contributed by atoms with Crippen LogP contribution in [0.3, 0.4) is 0 Å². The lowest BCUT2D eigenvalue weighted by molar-refractivity contribution is -0.123. The smallest absolute Gasteiger partial charge is 0.234 e. The van der Waals surface area contributed by atoms with E-state index in [1.165, 1.54) is 16.3 Å². The van der Waals surface area contributed by atoms with Gasteiger partial charge in [0.1, 0.15) is 0 Å². The van der Waals surface area contributed by atoms with Gasteiger partial charge in [0.2, 0.25) is 5.91 Å². The SMILES string of the molecule is CC(NC(=O)CN1CCN(Cc2cccc3ccccc23)CC1)c1ccccc1. The minimum atomic E-state index is 0.0383. The second-order valence-corrected chi connectivity index (χ2v) is 7.89. The summed E-state index contributed by atoms with van der Waals surface area (Å²) in [5.74, 6) is 0.101. The van der Waals surface area contributed by atoms with Crippen molar-refractivity contribution < 1.29 is 4.79 Å². The molecule has 1 N–H and O–H groups in total. The van der Waals surface area contributed by atoms with Crippen LogP contribution < -0.4 is 5.32 Å². The Hall–Kier alpha value is -2.69. The zero-order valence-electron chi connectivity index (χ0n) is 17.1. The standard InChI is InChI=1S/C25H29N3O/c1-20(21-8-3-2-4-9-21)26-25(29)19-28-16-14-27(15-17-28)18-23-12-7-11-22-10-5-6-13-24(22)23/h2-13,20H,14-19H2,1H3,(H,26,29). The first-order valence-electron chi connectivity index (χ1n) is 10.4. The molecule has 1 heterocycles. The molecular weight excluding hydrogens is 358 g/mol. The number of nitrogens with zero attached hydrogens (tertiary/aromatic N) is 2. The van der Waals surface area contributed by atoms with Crippen molar-refractivity contribution in [2.24, 2.45) is 0 Å². The van der Waals surface area contributed by atoms with Crippen molar-refractivity contribution in [1.82, 2.24) is 15.1 Å². The molecule has 0 bridgehead atoms. The first kappa shape index (κ1) is 19.6. The van der Waals surface area contributed by atoms with E-state index in [2.05, 4.69) is 69.7 Å². The van der Waals surface area contributed by atoms with Crippen LogP contribution in [0.2, 0.25) is 0 Å². The maximum atomic E-state index is 12.4. The minimum Gasteiger partial charge on any atom is -0.348 e. The Morgan fingerprint density at radius 1 is 0.862 bits per heavy atom. The summed E-state index contributed by atoms with van der Waals surface area (Å²) in [6, 6.07) is 25.3. The fraction of sp³-hybridized carbons (Fsp3) is 0.320. The third kappa shape index (κ3) is 5.03. The van der Waals surface area contributed by atoms with Gasteiger partial charge >= 0.3 is 0 Å². The molecular formula is C25H29N3O. The second-order valence-electron chi connectivity index (χ2n) is 7.89. The molecule has 3 aromatic carbocycles. The fourth-order valence-corrected chi connectivity index (χ4v) is 4.09. The molecule has 0 saturated carbocycles. The molecule has 1 amide bonds. The normalized spacial score (nSPS) is 16.6. The van der Waals surface area contributed by atoms with Crippen LogP contribution in [0.4, 0.5) is 0 Å². The van der Waals surface area contributed by atoms with E-state index in [1.807, 2.05) is 25.1 Å². The lowest BCUT2D eigenvalue weighted by Crippen LogP contribution is -2.49. The Labute approximate surface area is 173 Å². The summed E-state index contributed by atoms with van der Waals surface area (Å²) in [5, 5.41) is 5.76. The molecule has 150 valence electrons. The highest BCUT2D eigenvalue weighted by atomic mass is 16.2. The molecule has 1 atom stereocenters. The molecule has 0 spiro atoms. The summed E-state index contributed by atoms with van der Waals surface area (Å²) in [6.45, 7) is 7.31. The van der Waals surface area contributed by atoms with Gasteiger partial charge in [-0.05, 0) is 28.8 Å². The number of nitrogens with one attached hydrogen (secondary N) is 1. The van der Waals surface area contributed by atoms with Crippen molar-refractivity contribution in [1.29, 1.82) is 0 Å². The van der Waals surface area contributed by atoms with Gasteiger partial charge in [-0.2, -0.15) is 0 Å². The van der Waals surface area contributed by atoms with Gasteiger partial charge < -0.3 is 5.32 Å². The minimum absolute atomic E-state index is 0.0383. The molecule has 1 aliphatic heterocycles. The first-order chi connectivity index (χ1) is 14.2. The number of benzene rings is 3. The topological polar surface area (TPSA) is 35.6 Å². The van der Waals surface area contributed by atoms with Gasteiger partial charge in [0, 0.05) is 32.7 Å². The van der Waals surface area contributed by atoms with Gasteiger partial charge in [0.05, 0.1) is 12.6 Å². The molecule has 3 aromatic rings. The van der Waals surface area contributed by atoms with Gasteiger partial charge in [-0.15, -0.1) is 0 Å². The van der Waals surface area contributed by atoms with Crippen molar-refractivity contribution in [2.45, 2.75) is 19.5 Å². The van der Waals surface area contributed by atoms with Crippen LogP contribution in [0.25, 0.3) is 10.8 Å². The lowest BCUT2D eigenvalue weighted by Gasteiger charge is -2.34. The maximum Gasteiger partial charge on any atom is 0.234 e. The van der Waals surface area contributed by atoms with Gasteiger partial charge in [0.15, 0.2) is 0 Å². The van der Waals surface area contributed by atoms with E-state index in [0.717, 1.165) is 38.3 Å². The van der Waals surface area contributed by atoms with Crippen LogP contribution in [0, 0.1) is 0 Å². The Balaban J connectivity index is 1.26. The molecule has 4 nitrogen and oxygen atoms in total. The second kappa shape index (κ2) is 9.21. The Kier molecular flexibility index (Phi) is 6.23. The van der Waals surface area contributed by atoms with Gasteiger partial charge in [-0.25, -0.2) is 0 Å². The Morgan fingerprint density at radius 2 is 1.52 bits per heavy atom. The molecule has 0 aliphatic carbocycles. The summed E-state index contributed by atoms with van der Waals surface area (Å²) in [5.41, 5.74) is 2.52. The molecule has 0 radical (unpaired) electrons. The van der Waals surface area contributed by atoms with E-state index >= 15 is 0 Å². The molecule has 1 saturated heterocycles. The molecule has 4 heteroatoms. The zero-order valence-corrected chi connectivity index (χ0v) is 17.1. The summed E-state index contributed by atoms with van der Waals surface area (Å²) in [4.78, 5) is 17.2. The predicted octanol–water partition coefficient (Wildman–Crippen LogP) is 3.83. The quantitative estimate of drug-likeness (QED) is 0.698. The highest BCUT2D eigenvalue weighted by molar-refractivity contribution is 5.85. The summed E-state index contributed by atoms with van der Waals surface area (Å²) in [7, 11) is 0. The van der Waals surface area contributed by atoms with Crippen LogP contribution in [0.1, 0.15) is 24.1 Å². The number of fused-ring (bicyclic) bond motifs is 1. The third-order valence-electron chi connectivity index (χ3n) is 5.78. The van der Waals surface area contributed by atoms with Crippen molar-refractivity contribution in [3.8, 4) is 0 Å². The molecule has 1 aliphatic rings. The van der Waals surface area contributed by atoms with E-state index in [0.29, 0.717) is 6.54 Å². The maximum absolute atomic E-state index is 12.4. The van der Waals surface area contributed by atoms with Crippen molar-refractivity contribution in [3.05, 3.63) is 83.9 Å². The van der Waals surface area contributed by atoms with Crippen LogP contribution in [0.15, 0.2) is 72.8 Å². The molecule has 1 fully saturated rings. The number of piperazine rings is 1. The van der Waals surface area contributed by atoms with Gasteiger partial charge in [-0.3, -0.25) is 14.6 Å². The number of carbonyl (C=O) groups excluding carboxylic acids is 1. The Morgan fingerprint density at radius 3 is 2.31 bits per heavy atom.